The molecule has 2 rings (SSSR count). The average Bonchev–Trinajstić information content (AvgIpc) is 3.00. The van der Waals surface area contributed by atoms with Gasteiger partial charge in [0, 0.05) is 18.7 Å². The van der Waals surface area contributed by atoms with Crippen LogP contribution in [0.1, 0.15) is 32.8 Å². The van der Waals surface area contributed by atoms with Gasteiger partial charge in [-0.15, -0.1) is 0 Å². The molecule has 8 heteroatoms. The number of hydrogen-bond acceptors (Lipinski definition) is 5. The van der Waals surface area contributed by atoms with E-state index >= 15 is 0 Å². The van der Waals surface area contributed by atoms with Gasteiger partial charge in [-0.2, -0.15) is 0 Å². The molecule has 4 amide bonds. The number of nitrogens with one attached hydrogen (secondary N) is 1. The van der Waals surface area contributed by atoms with Gasteiger partial charge in [0.05, 0.1) is 5.92 Å². The summed E-state index contributed by atoms with van der Waals surface area (Å²) in [5.74, 6) is -2.63. The molecule has 8 nitrogen and oxygen atoms in total. The van der Waals surface area contributed by atoms with Crippen LogP contribution in [0.25, 0.3) is 0 Å². The second kappa shape index (κ2) is 8.66. The number of ether oxygens (including phenoxy) is 1. The summed E-state index contributed by atoms with van der Waals surface area (Å²) >= 11 is 0. The number of urea groups is 1. The predicted octanol–water partition coefficient (Wildman–Crippen LogP) is 1.36. The number of primary amides is 1. The molecule has 1 fully saturated rings. The van der Waals surface area contributed by atoms with E-state index in [1.54, 1.807) is 18.7 Å². The Morgan fingerprint density at radius 2 is 1.89 bits per heavy atom. The number of carbonyl (C=O) groups is 4. The van der Waals surface area contributed by atoms with Gasteiger partial charge >= 0.3 is 12.0 Å². The molecule has 27 heavy (non-hydrogen) atoms. The molecule has 1 heterocycles. The summed E-state index contributed by atoms with van der Waals surface area (Å²) in [5, 5.41) is 1.92. The number of imide groups is 1. The number of carbonyl (C=O) groups excluding carboxylic acids is 4. The number of rotatable bonds is 6. The Labute approximate surface area is 158 Å². The van der Waals surface area contributed by atoms with Crippen molar-refractivity contribution < 1.29 is 23.9 Å². The minimum Gasteiger partial charge on any atom is -0.452 e. The van der Waals surface area contributed by atoms with Crippen molar-refractivity contribution in [2.75, 3.05) is 11.4 Å². The van der Waals surface area contributed by atoms with Gasteiger partial charge in [0.25, 0.3) is 5.91 Å². The zero-order chi connectivity index (χ0) is 20.1. The lowest BCUT2D eigenvalue weighted by molar-refractivity contribution is -0.161. The van der Waals surface area contributed by atoms with Gasteiger partial charge in [-0.3, -0.25) is 19.7 Å². The Bertz CT molecular complexity index is 729. The van der Waals surface area contributed by atoms with Crippen molar-refractivity contribution in [3.8, 4) is 0 Å². The monoisotopic (exact) mass is 375 g/mol. The highest BCUT2D eigenvalue weighted by Gasteiger charge is 2.38. The Balaban J connectivity index is 2.05. The van der Waals surface area contributed by atoms with Crippen LogP contribution in [0.4, 0.5) is 10.5 Å². The molecule has 1 aliphatic rings. The molecule has 3 N–H and O–H groups in total. The van der Waals surface area contributed by atoms with Crippen LogP contribution in [0.5, 0.6) is 0 Å². The molecule has 0 unspecified atom stereocenters. The average molecular weight is 375 g/mol. The van der Waals surface area contributed by atoms with Crippen LogP contribution in [0.15, 0.2) is 24.3 Å². The Kier molecular flexibility index (Phi) is 6.55. The first-order valence-electron chi connectivity index (χ1n) is 8.93. The van der Waals surface area contributed by atoms with E-state index in [9.17, 15) is 19.2 Å². The Hall–Kier alpha value is -2.90. The minimum absolute atomic E-state index is 0.0105. The standard InChI is InChI=1S/C19H25N3O5/c1-4-12-5-7-14(8-6-12)22-10-13(9-15(22)23)18(25)27-16(11(2)3)17(24)21-19(20)26/h5-8,11,13,16H,4,9-10H2,1-3H3,(H3,20,21,24,26)/t13-,16-/m1/s1. The molecule has 146 valence electrons. The third kappa shape index (κ3) is 5.06. The third-order valence-corrected chi connectivity index (χ3v) is 4.47. The zero-order valence-electron chi connectivity index (χ0n) is 15.7. The van der Waals surface area contributed by atoms with Gasteiger partial charge in [0.15, 0.2) is 6.10 Å². The first kappa shape index (κ1) is 20.4. The van der Waals surface area contributed by atoms with Crippen LogP contribution >= 0.6 is 0 Å². The fourth-order valence-electron chi connectivity index (χ4n) is 2.93. The summed E-state index contributed by atoms with van der Waals surface area (Å²) in [5.41, 5.74) is 6.82. The van der Waals surface area contributed by atoms with Crippen molar-refractivity contribution in [3.05, 3.63) is 29.8 Å². The summed E-state index contributed by atoms with van der Waals surface area (Å²) < 4.78 is 5.29. The molecule has 0 radical (unpaired) electrons. The van der Waals surface area contributed by atoms with Crippen molar-refractivity contribution in [3.63, 3.8) is 0 Å². The molecule has 2 atom stereocenters. The van der Waals surface area contributed by atoms with E-state index in [4.69, 9.17) is 10.5 Å². The van der Waals surface area contributed by atoms with Gasteiger partial charge in [-0.1, -0.05) is 32.9 Å². The van der Waals surface area contributed by atoms with Crippen molar-refractivity contribution >= 4 is 29.5 Å². The van der Waals surface area contributed by atoms with E-state index in [2.05, 4.69) is 0 Å². The summed E-state index contributed by atoms with van der Waals surface area (Å²) in [4.78, 5) is 49.2. The van der Waals surface area contributed by atoms with Crippen LogP contribution < -0.4 is 16.0 Å². The van der Waals surface area contributed by atoms with E-state index in [0.717, 1.165) is 17.7 Å². The lowest BCUT2D eigenvalue weighted by atomic mass is 10.1. The number of anilines is 1. The third-order valence-electron chi connectivity index (χ3n) is 4.47. The lowest BCUT2D eigenvalue weighted by Gasteiger charge is -2.22. The highest BCUT2D eigenvalue weighted by Crippen LogP contribution is 2.27. The van der Waals surface area contributed by atoms with E-state index in [0.29, 0.717) is 0 Å². The summed E-state index contributed by atoms with van der Waals surface area (Å²) in [7, 11) is 0. The van der Waals surface area contributed by atoms with Crippen molar-refractivity contribution in [1.29, 1.82) is 0 Å². The Morgan fingerprint density at radius 3 is 2.41 bits per heavy atom. The van der Waals surface area contributed by atoms with Crippen LogP contribution in [0.3, 0.4) is 0 Å². The maximum absolute atomic E-state index is 12.5. The smallest absolute Gasteiger partial charge is 0.318 e. The van der Waals surface area contributed by atoms with Crippen molar-refractivity contribution in [2.45, 2.75) is 39.7 Å². The number of hydrogen-bond donors (Lipinski definition) is 2. The first-order valence-corrected chi connectivity index (χ1v) is 8.93. The SMILES string of the molecule is CCc1ccc(N2C[C@H](C(=O)O[C@@H](C(=O)NC(N)=O)C(C)C)CC2=O)cc1. The molecule has 0 bridgehead atoms. The minimum atomic E-state index is -1.15. The number of benzene rings is 1. The second-order valence-corrected chi connectivity index (χ2v) is 6.88. The van der Waals surface area contributed by atoms with E-state index in [-0.39, 0.29) is 24.8 Å². The van der Waals surface area contributed by atoms with Crippen LogP contribution in [-0.2, 0) is 25.5 Å². The fraction of sp³-hybridized carbons (Fsp3) is 0.474. The fourth-order valence-corrected chi connectivity index (χ4v) is 2.93. The molecule has 0 spiro atoms. The van der Waals surface area contributed by atoms with Crippen LogP contribution in [0, 0.1) is 11.8 Å². The van der Waals surface area contributed by atoms with Crippen LogP contribution in [-0.4, -0.2) is 36.5 Å². The topological polar surface area (TPSA) is 119 Å². The van der Waals surface area contributed by atoms with Gasteiger partial charge in [0.1, 0.15) is 0 Å². The molecular weight excluding hydrogens is 350 g/mol. The molecule has 1 aromatic carbocycles. The first-order chi connectivity index (χ1) is 12.7. The van der Waals surface area contributed by atoms with Gasteiger partial charge in [0.2, 0.25) is 5.91 Å². The molecule has 0 saturated carbocycles. The van der Waals surface area contributed by atoms with Gasteiger partial charge < -0.3 is 15.4 Å². The Morgan fingerprint density at radius 1 is 1.26 bits per heavy atom. The van der Waals surface area contributed by atoms with E-state index < -0.39 is 29.9 Å². The summed E-state index contributed by atoms with van der Waals surface area (Å²) in [6.07, 6.45) is -0.248. The van der Waals surface area contributed by atoms with Crippen molar-refractivity contribution in [2.24, 2.45) is 17.6 Å². The number of nitrogens with zero attached hydrogens (tertiary/aromatic N) is 1. The van der Waals surface area contributed by atoms with Crippen molar-refractivity contribution in [1.82, 2.24) is 5.32 Å². The number of esters is 1. The molecule has 1 aromatic rings. The molecule has 0 aromatic heterocycles. The van der Waals surface area contributed by atoms with Crippen LogP contribution in [0.2, 0.25) is 0 Å². The maximum atomic E-state index is 12.5. The van der Waals surface area contributed by atoms with Gasteiger partial charge in [-0.05, 0) is 30.0 Å². The van der Waals surface area contributed by atoms with Gasteiger partial charge in [-0.25, -0.2) is 4.79 Å². The lowest BCUT2D eigenvalue weighted by Crippen LogP contribution is -2.46. The highest BCUT2D eigenvalue weighted by molar-refractivity contribution is 6.00. The van der Waals surface area contributed by atoms with E-state index in [1.165, 1.54) is 0 Å². The number of amides is 4. The summed E-state index contributed by atoms with van der Waals surface area (Å²) in [6, 6.07) is 6.57. The highest BCUT2D eigenvalue weighted by atomic mass is 16.5. The largest absolute Gasteiger partial charge is 0.452 e. The zero-order valence-corrected chi connectivity index (χ0v) is 15.7. The molecular formula is C19H25N3O5. The maximum Gasteiger partial charge on any atom is 0.318 e. The normalized spacial score (nSPS) is 17.7. The number of nitrogens with two attached hydrogens (primary N) is 1. The molecule has 1 saturated heterocycles. The summed E-state index contributed by atoms with van der Waals surface area (Å²) in [6.45, 7) is 5.59. The quantitative estimate of drug-likeness (QED) is 0.728. The molecule has 1 aliphatic heterocycles. The second-order valence-electron chi connectivity index (χ2n) is 6.88. The number of aryl methyl sites for hydroxylation is 1. The molecule has 0 aliphatic carbocycles. The van der Waals surface area contributed by atoms with E-state index in [1.807, 2.05) is 36.5 Å². The predicted molar refractivity (Wildman–Crippen MR) is 98.7 cm³/mol.